The van der Waals surface area contributed by atoms with Crippen LogP contribution in [0, 0.1) is 5.82 Å². The number of rotatable bonds is 9. The number of alkyl carbamates (subject to hydrolysis) is 1. The Hall–Kier alpha value is -3.42. The molecule has 3 N–H and O–H groups in total. The second-order valence-electron chi connectivity index (χ2n) is 8.33. The van der Waals surface area contributed by atoms with Gasteiger partial charge in [0.25, 0.3) is 0 Å². The minimum absolute atomic E-state index is 0.0975. The number of carbonyl (C=O) groups excluding carboxylic acids is 3. The van der Waals surface area contributed by atoms with Crippen LogP contribution in [-0.2, 0) is 27.3 Å². The van der Waals surface area contributed by atoms with Gasteiger partial charge in [0.05, 0.1) is 0 Å². The van der Waals surface area contributed by atoms with Crippen molar-refractivity contribution in [2.45, 2.75) is 52.2 Å². The first-order valence-corrected chi connectivity index (χ1v) is 10.5. The molecule has 0 saturated heterocycles. The summed E-state index contributed by atoms with van der Waals surface area (Å²) in [5.74, 6) is -0.711. The van der Waals surface area contributed by atoms with Crippen molar-refractivity contribution in [1.82, 2.24) is 10.6 Å². The molecule has 172 valence electrons. The lowest BCUT2D eigenvalue weighted by Gasteiger charge is -2.19. The van der Waals surface area contributed by atoms with Crippen molar-refractivity contribution in [3.63, 3.8) is 0 Å². The molecule has 0 unspecified atom stereocenters. The highest BCUT2D eigenvalue weighted by Crippen LogP contribution is 2.12. The summed E-state index contributed by atoms with van der Waals surface area (Å²) in [4.78, 5) is 35.8. The van der Waals surface area contributed by atoms with Crippen LogP contribution in [0.2, 0.25) is 0 Å². The molecule has 7 nitrogen and oxygen atoms in total. The molecule has 0 atom stereocenters. The number of carbonyl (C=O) groups is 3. The lowest BCUT2D eigenvalue weighted by atomic mass is 10.1. The number of benzene rings is 2. The third-order valence-electron chi connectivity index (χ3n) is 4.25. The van der Waals surface area contributed by atoms with Crippen molar-refractivity contribution >= 4 is 23.6 Å². The van der Waals surface area contributed by atoms with E-state index in [2.05, 4.69) is 16.0 Å². The molecule has 32 heavy (non-hydrogen) atoms. The van der Waals surface area contributed by atoms with Crippen LogP contribution in [0.5, 0.6) is 0 Å². The fourth-order valence-electron chi connectivity index (χ4n) is 2.81. The Morgan fingerprint density at radius 1 is 0.906 bits per heavy atom. The summed E-state index contributed by atoms with van der Waals surface area (Å²) in [6.45, 7) is 5.76. The molecule has 0 fully saturated rings. The SMILES string of the molecule is CC(C)(C)OC(=O)NCCC(=O)Nc1cccc(CNC(=O)CCc2cccc(F)c2)c1. The molecule has 0 aliphatic rings. The highest BCUT2D eigenvalue weighted by Gasteiger charge is 2.16. The topological polar surface area (TPSA) is 96.5 Å². The summed E-state index contributed by atoms with van der Waals surface area (Å²) in [5, 5.41) is 8.12. The van der Waals surface area contributed by atoms with Gasteiger partial charge in [-0.05, 0) is 62.6 Å². The van der Waals surface area contributed by atoms with Gasteiger partial charge >= 0.3 is 6.09 Å². The average Bonchev–Trinajstić information content (AvgIpc) is 2.70. The molecule has 3 amide bonds. The smallest absolute Gasteiger partial charge is 0.407 e. The maximum absolute atomic E-state index is 13.2. The molecule has 0 aliphatic heterocycles. The Bertz CT molecular complexity index is 941. The normalized spacial score (nSPS) is 10.9. The molecule has 8 heteroatoms. The summed E-state index contributed by atoms with van der Waals surface area (Å²) >= 11 is 0. The van der Waals surface area contributed by atoms with Crippen LogP contribution in [0.25, 0.3) is 0 Å². The van der Waals surface area contributed by atoms with Crippen LogP contribution >= 0.6 is 0 Å². The molecule has 2 rings (SSSR count). The minimum Gasteiger partial charge on any atom is -0.444 e. The molecule has 0 radical (unpaired) electrons. The van der Waals surface area contributed by atoms with Gasteiger partial charge in [-0.3, -0.25) is 9.59 Å². The Kier molecular flexibility index (Phi) is 9.19. The number of hydrogen-bond donors (Lipinski definition) is 3. The number of hydrogen-bond acceptors (Lipinski definition) is 4. The Morgan fingerprint density at radius 2 is 1.62 bits per heavy atom. The maximum Gasteiger partial charge on any atom is 0.407 e. The lowest BCUT2D eigenvalue weighted by molar-refractivity contribution is -0.121. The maximum atomic E-state index is 13.2. The predicted octanol–water partition coefficient (Wildman–Crippen LogP) is 3.93. The van der Waals surface area contributed by atoms with Gasteiger partial charge in [0, 0.05) is 31.6 Å². The number of halogens is 1. The number of amides is 3. The van der Waals surface area contributed by atoms with Crippen LogP contribution in [0.1, 0.15) is 44.7 Å². The number of anilines is 1. The molecular formula is C24H30FN3O4. The lowest BCUT2D eigenvalue weighted by Crippen LogP contribution is -2.34. The first-order valence-electron chi connectivity index (χ1n) is 10.5. The fourth-order valence-corrected chi connectivity index (χ4v) is 2.81. The summed E-state index contributed by atoms with van der Waals surface area (Å²) < 4.78 is 18.3. The van der Waals surface area contributed by atoms with E-state index in [0.717, 1.165) is 11.1 Å². The zero-order valence-corrected chi connectivity index (χ0v) is 18.7. The monoisotopic (exact) mass is 443 g/mol. The van der Waals surface area contributed by atoms with Crippen molar-refractivity contribution < 1.29 is 23.5 Å². The Balaban J connectivity index is 1.72. The van der Waals surface area contributed by atoms with E-state index in [1.807, 2.05) is 6.07 Å². The minimum atomic E-state index is -0.596. The third kappa shape index (κ3) is 10.1. The van der Waals surface area contributed by atoms with Gasteiger partial charge in [-0.15, -0.1) is 0 Å². The van der Waals surface area contributed by atoms with Crippen LogP contribution in [0.4, 0.5) is 14.9 Å². The zero-order chi connectivity index (χ0) is 23.6. The van der Waals surface area contributed by atoms with Crippen LogP contribution < -0.4 is 16.0 Å². The van der Waals surface area contributed by atoms with Gasteiger partial charge in [-0.2, -0.15) is 0 Å². The molecule has 0 aromatic heterocycles. The number of ether oxygens (including phenoxy) is 1. The Morgan fingerprint density at radius 3 is 2.34 bits per heavy atom. The van der Waals surface area contributed by atoms with Crippen molar-refractivity contribution in [3.05, 3.63) is 65.5 Å². The molecule has 2 aromatic carbocycles. The van der Waals surface area contributed by atoms with Gasteiger partial charge in [0.1, 0.15) is 11.4 Å². The highest BCUT2D eigenvalue weighted by molar-refractivity contribution is 5.91. The van der Waals surface area contributed by atoms with Crippen molar-refractivity contribution in [1.29, 1.82) is 0 Å². The largest absolute Gasteiger partial charge is 0.444 e. The zero-order valence-electron chi connectivity index (χ0n) is 18.7. The number of aryl methyl sites for hydroxylation is 1. The van der Waals surface area contributed by atoms with E-state index in [1.54, 1.807) is 51.1 Å². The van der Waals surface area contributed by atoms with E-state index in [9.17, 15) is 18.8 Å². The van der Waals surface area contributed by atoms with E-state index < -0.39 is 11.7 Å². The first kappa shape index (κ1) is 24.8. The van der Waals surface area contributed by atoms with E-state index in [4.69, 9.17) is 4.74 Å². The van der Waals surface area contributed by atoms with Crippen molar-refractivity contribution in [2.75, 3.05) is 11.9 Å². The second kappa shape index (κ2) is 11.8. The third-order valence-corrected chi connectivity index (χ3v) is 4.25. The van der Waals surface area contributed by atoms with Gasteiger partial charge in [0.15, 0.2) is 0 Å². The molecule has 0 spiro atoms. The Labute approximate surface area is 187 Å². The summed E-state index contributed by atoms with van der Waals surface area (Å²) in [6, 6.07) is 13.3. The summed E-state index contributed by atoms with van der Waals surface area (Å²) in [7, 11) is 0. The van der Waals surface area contributed by atoms with Crippen molar-refractivity contribution in [3.8, 4) is 0 Å². The van der Waals surface area contributed by atoms with E-state index >= 15 is 0 Å². The van der Waals surface area contributed by atoms with Crippen molar-refractivity contribution in [2.24, 2.45) is 0 Å². The second-order valence-corrected chi connectivity index (χ2v) is 8.33. The first-order chi connectivity index (χ1) is 15.1. The molecular weight excluding hydrogens is 413 g/mol. The van der Waals surface area contributed by atoms with Crippen LogP contribution in [0.3, 0.4) is 0 Å². The van der Waals surface area contributed by atoms with Gasteiger partial charge in [-0.25, -0.2) is 9.18 Å². The van der Waals surface area contributed by atoms with E-state index in [0.29, 0.717) is 18.7 Å². The quantitative estimate of drug-likeness (QED) is 0.547. The molecule has 0 aliphatic carbocycles. The van der Waals surface area contributed by atoms with Crippen LogP contribution in [-0.4, -0.2) is 30.1 Å². The predicted molar refractivity (Wildman–Crippen MR) is 120 cm³/mol. The molecule has 0 saturated carbocycles. The van der Waals surface area contributed by atoms with Gasteiger partial charge in [0.2, 0.25) is 11.8 Å². The summed E-state index contributed by atoms with van der Waals surface area (Å²) in [6.07, 6.45) is 0.238. The van der Waals surface area contributed by atoms with E-state index in [1.165, 1.54) is 12.1 Å². The van der Waals surface area contributed by atoms with E-state index in [-0.39, 0.29) is 37.0 Å². The average molecular weight is 444 g/mol. The highest BCUT2D eigenvalue weighted by atomic mass is 19.1. The fraction of sp³-hybridized carbons (Fsp3) is 0.375. The molecule has 0 bridgehead atoms. The molecule has 0 heterocycles. The van der Waals surface area contributed by atoms with Crippen LogP contribution in [0.15, 0.2) is 48.5 Å². The number of nitrogens with one attached hydrogen (secondary N) is 3. The molecule has 2 aromatic rings. The van der Waals surface area contributed by atoms with Gasteiger partial charge in [-0.1, -0.05) is 24.3 Å². The standard InChI is InChI=1S/C24H30FN3O4/c1-24(2,3)32-23(31)26-13-12-22(30)28-20-9-5-7-18(15-20)16-27-21(29)11-10-17-6-4-8-19(25)14-17/h4-9,14-15H,10-13,16H2,1-3H3,(H,26,31)(H,27,29)(H,28,30). The summed E-state index contributed by atoms with van der Waals surface area (Å²) in [5.41, 5.74) is 1.60. The van der Waals surface area contributed by atoms with Gasteiger partial charge < -0.3 is 20.7 Å².